The van der Waals surface area contributed by atoms with Gasteiger partial charge in [-0.2, -0.15) is 5.10 Å². The number of nitrogens with zero attached hydrogens (tertiary/aromatic N) is 1. The minimum absolute atomic E-state index is 0.214. The molecule has 0 fully saturated rings. The van der Waals surface area contributed by atoms with Gasteiger partial charge in [0.05, 0.1) is 16.2 Å². The molecule has 3 N–H and O–H groups in total. The molecule has 0 amide bonds. The van der Waals surface area contributed by atoms with Crippen LogP contribution in [-0.2, 0) is 0 Å². The van der Waals surface area contributed by atoms with E-state index in [2.05, 4.69) is 5.10 Å². The lowest BCUT2D eigenvalue weighted by Crippen LogP contribution is -1.99. The number of hydrazone groups is 1. The first-order valence-corrected chi connectivity index (χ1v) is 5.92. The molecule has 2 rings (SSSR count). The van der Waals surface area contributed by atoms with Crippen molar-refractivity contribution in [3.63, 3.8) is 0 Å². The zero-order valence-corrected chi connectivity index (χ0v) is 10.2. The number of aromatic hydroxyl groups is 1. The van der Waals surface area contributed by atoms with Crippen LogP contribution in [0.3, 0.4) is 0 Å². The molecule has 0 aliphatic carbocycles. The highest BCUT2D eigenvalue weighted by Crippen LogP contribution is 2.38. The fourth-order valence-corrected chi connectivity index (χ4v) is 2.53. The molecule has 0 bridgehead atoms. The second-order valence-corrected chi connectivity index (χ2v) is 4.54. The summed E-state index contributed by atoms with van der Waals surface area (Å²) in [6.07, 6.45) is 0. The molecule has 5 heteroatoms. The third-order valence-corrected chi connectivity index (χ3v) is 3.54. The summed E-state index contributed by atoms with van der Waals surface area (Å²) in [5.74, 6) is 5.42. The maximum atomic E-state index is 10.1. The Morgan fingerprint density at radius 3 is 2.59 bits per heavy atom. The highest BCUT2D eigenvalue weighted by molar-refractivity contribution is 7.14. The molecule has 1 heterocycles. The quantitative estimate of drug-likeness (QED) is 0.363. The van der Waals surface area contributed by atoms with Crippen molar-refractivity contribution in [1.82, 2.24) is 0 Å². The van der Waals surface area contributed by atoms with E-state index >= 15 is 0 Å². The van der Waals surface area contributed by atoms with Gasteiger partial charge in [0.2, 0.25) is 0 Å². The molecule has 0 atom stereocenters. The Kier molecular flexibility index (Phi) is 3.20. The highest BCUT2D eigenvalue weighted by atomic mass is 32.1. The van der Waals surface area contributed by atoms with E-state index in [1.165, 1.54) is 11.3 Å². The molecule has 84 valence electrons. The minimum Gasteiger partial charge on any atom is -0.506 e. The Morgan fingerprint density at radius 1 is 1.35 bits per heavy atom. The van der Waals surface area contributed by atoms with Crippen molar-refractivity contribution < 1.29 is 5.11 Å². The van der Waals surface area contributed by atoms with E-state index in [-0.39, 0.29) is 5.75 Å². The van der Waals surface area contributed by atoms with Crippen LogP contribution in [0.1, 0.15) is 12.5 Å². The van der Waals surface area contributed by atoms with E-state index in [9.17, 15) is 5.11 Å². The van der Waals surface area contributed by atoms with Gasteiger partial charge in [-0.05, 0) is 12.5 Å². The van der Waals surface area contributed by atoms with Crippen molar-refractivity contribution in [2.75, 3.05) is 0 Å². The van der Waals surface area contributed by atoms with Gasteiger partial charge >= 0.3 is 0 Å². The van der Waals surface area contributed by atoms with Gasteiger partial charge in [0.1, 0.15) is 13.6 Å². The van der Waals surface area contributed by atoms with Crippen LogP contribution >= 0.6 is 11.3 Å². The van der Waals surface area contributed by atoms with Crippen LogP contribution in [0.25, 0.3) is 10.4 Å². The fraction of sp³-hybridized carbons (Fsp3) is 0.0833. The molecule has 0 spiro atoms. The zero-order chi connectivity index (χ0) is 12.4. The fourth-order valence-electron chi connectivity index (χ4n) is 1.52. The van der Waals surface area contributed by atoms with E-state index in [0.29, 0.717) is 16.7 Å². The Labute approximate surface area is 105 Å². The van der Waals surface area contributed by atoms with Gasteiger partial charge in [-0.3, -0.25) is 0 Å². The van der Waals surface area contributed by atoms with Crippen LogP contribution in [-0.4, -0.2) is 18.7 Å². The average Bonchev–Trinajstić information content (AvgIpc) is 2.71. The number of rotatable bonds is 2. The topological polar surface area (TPSA) is 58.6 Å². The van der Waals surface area contributed by atoms with Crippen molar-refractivity contribution >= 4 is 30.4 Å². The van der Waals surface area contributed by atoms with E-state index in [1.807, 2.05) is 17.5 Å². The van der Waals surface area contributed by atoms with Crippen molar-refractivity contribution in [1.29, 1.82) is 0 Å². The lowest BCUT2D eigenvalue weighted by atomic mass is 9.95. The summed E-state index contributed by atoms with van der Waals surface area (Å²) in [7, 11) is 5.62. The summed E-state index contributed by atoms with van der Waals surface area (Å²) < 4.78 is 0. The number of hydrogen-bond donors (Lipinski definition) is 2. The van der Waals surface area contributed by atoms with E-state index in [1.54, 1.807) is 19.1 Å². The van der Waals surface area contributed by atoms with Crippen molar-refractivity contribution in [3.8, 4) is 16.2 Å². The first-order chi connectivity index (χ1) is 8.13. The van der Waals surface area contributed by atoms with Crippen LogP contribution in [0, 0.1) is 0 Å². The van der Waals surface area contributed by atoms with Gasteiger partial charge in [-0.1, -0.05) is 29.7 Å². The number of benzene rings is 1. The minimum atomic E-state index is 0.214. The maximum absolute atomic E-state index is 10.1. The van der Waals surface area contributed by atoms with Crippen molar-refractivity contribution in [3.05, 3.63) is 35.2 Å². The standard InChI is InChI=1S/C12H11BN2OS/c1-7(15-14)10-6-17-12(11(10)16)8-2-4-9(13)5-3-8/h2-6,16H,14H2,1H3/b15-7+. The third-order valence-electron chi connectivity index (χ3n) is 2.52. The molecule has 2 aromatic rings. The second kappa shape index (κ2) is 4.63. The molecule has 0 saturated heterocycles. The van der Waals surface area contributed by atoms with Gasteiger partial charge in [-0.15, -0.1) is 11.3 Å². The van der Waals surface area contributed by atoms with Gasteiger partial charge in [0.25, 0.3) is 0 Å². The lowest BCUT2D eigenvalue weighted by molar-refractivity contribution is 0.478. The second-order valence-electron chi connectivity index (χ2n) is 3.66. The van der Waals surface area contributed by atoms with Gasteiger partial charge in [0.15, 0.2) is 0 Å². The third kappa shape index (κ3) is 2.19. The van der Waals surface area contributed by atoms with Crippen molar-refractivity contribution in [2.45, 2.75) is 6.92 Å². The molecule has 0 unspecified atom stereocenters. The summed E-state index contributed by atoms with van der Waals surface area (Å²) in [5.41, 5.74) is 2.91. The molecule has 0 saturated carbocycles. The summed E-state index contributed by atoms with van der Waals surface area (Å²) in [6.45, 7) is 1.76. The van der Waals surface area contributed by atoms with Crippen LogP contribution < -0.4 is 11.3 Å². The monoisotopic (exact) mass is 242 g/mol. The smallest absolute Gasteiger partial charge is 0.143 e. The molecule has 17 heavy (non-hydrogen) atoms. The average molecular weight is 242 g/mol. The van der Waals surface area contributed by atoms with Gasteiger partial charge in [-0.25, -0.2) is 0 Å². The predicted molar refractivity (Wildman–Crippen MR) is 73.2 cm³/mol. The first kappa shape index (κ1) is 11.7. The van der Waals surface area contributed by atoms with Gasteiger partial charge in [0, 0.05) is 5.38 Å². The number of nitrogens with two attached hydrogens (primary N) is 1. The summed E-state index contributed by atoms with van der Waals surface area (Å²) in [6, 6.07) is 7.36. The van der Waals surface area contributed by atoms with E-state index in [4.69, 9.17) is 13.7 Å². The number of hydrogen-bond acceptors (Lipinski definition) is 4. The first-order valence-electron chi connectivity index (χ1n) is 5.04. The lowest BCUT2D eigenvalue weighted by Gasteiger charge is -2.01. The Bertz CT molecular complexity index is 560. The Morgan fingerprint density at radius 2 is 2.00 bits per heavy atom. The molecular formula is C12H11BN2OS. The number of thiophene rings is 1. The van der Waals surface area contributed by atoms with Crippen LogP contribution in [0.5, 0.6) is 5.75 Å². The zero-order valence-electron chi connectivity index (χ0n) is 9.34. The molecular weight excluding hydrogens is 231 g/mol. The highest BCUT2D eigenvalue weighted by Gasteiger charge is 2.13. The molecule has 2 radical (unpaired) electrons. The predicted octanol–water partition coefficient (Wildman–Crippen LogP) is 1.60. The Hall–Kier alpha value is -1.75. The largest absolute Gasteiger partial charge is 0.506 e. The molecule has 1 aromatic heterocycles. The van der Waals surface area contributed by atoms with E-state index in [0.717, 1.165) is 10.4 Å². The summed E-state index contributed by atoms with van der Waals surface area (Å²) in [5, 5.41) is 15.5. The molecule has 0 aliphatic rings. The summed E-state index contributed by atoms with van der Waals surface area (Å²) >= 11 is 1.45. The molecule has 1 aromatic carbocycles. The van der Waals surface area contributed by atoms with Crippen LogP contribution in [0.4, 0.5) is 0 Å². The molecule has 0 aliphatic heterocycles. The maximum Gasteiger partial charge on any atom is 0.143 e. The van der Waals surface area contributed by atoms with Crippen LogP contribution in [0.15, 0.2) is 34.7 Å². The molecule has 3 nitrogen and oxygen atoms in total. The SMILES string of the molecule is [B]c1ccc(-c2scc(/C(C)=N/N)c2O)cc1. The summed E-state index contributed by atoms with van der Waals surface area (Å²) in [4.78, 5) is 0.794. The Balaban J connectivity index is 2.47. The van der Waals surface area contributed by atoms with Crippen molar-refractivity contribution in [2.24, 2.45) is 10.9 Å². The van der Waals surface area contributed by atoms with Gasteiger partial charge < -0.3 is 10.9 Å². The van der Waals surface area contributed by atoms with Crippen LogP contribution in [0.2, 0.25) is 0 Å². The van der Waals surface area contributed by atoms with E-state index < -0.39 is 0 Å². The normalized spacial score (nSPS) is 11.7.